The summed E-state index contributed by atoms with van der Waals surface area (Å²) < 4.78 is 13.1. The number of nitrogens with zero attached hydrogens (tertiary/aromatic N) is 1. The second-order valence-electron chi connectivity index (χ2n) is 9.97. The zero-order valence-electron chi connectivity index (χ0n) is 17.0. The van der Waals surface area contributed by atoms with E-state index in [0.29, 0.717) is 18.1 Å². The summed E-state index contributed by atoms with van der Waals surface area (Å²) in [5.74, 6) is 0.595. The summed E-state index contributed by atoms with van der Waals surface area (Å²) in [6.45, 7) is 12.6. The average molecular weight is 353 g/mol. The summed E-state index contributed by atoms with van der Waals surface area (Å²) in [6.07, 6.45) is 7.86. The van der Waals surface area contributed by atoms with Gasteiger partial charge in [0.25, 0.3) is 0 Å². The number of hydrogen-bond donors (Lipinski definition) is 0. The average Bonchev–Trinajstić information content (AvgIpc) is 2.85. The molecule has 0 N–H and O–H groups in total. The lowest BCUT2D eigenvalue weighted by atomic mass is 9.70. The number of quaternary nitrogens is 1. The first-order valence-corrected chi connectivity index (χ1v) is 10.3. The Morgan fingerprint density at radius 3 is 2.40 bits per heavy atom. The Morgan fingerprint density at radius 2 is 1.88 bits per heavy atom. The SMILES string of the molecule is CC(=O)OC(COC1C[C@H]2CC[C@@]1(C)C2(C)C)C[N+]1(C)CCCCC1. The third kappa shape index (κ3) is 3.62. The second-order valence-corrected chi connectivity index (χ2v) is 9.97. The van der Waals surface area contributed by atoms with Crippen LogP contribution in [-0.2, 0) is 14.3 Å². The third-order valence-electron chi connectivity index (χ3n) is 8.07. The molecule has 25 heavy (non-hydrogen) atoms. The van der Waals surface area contributed by atoms with Gasteiger partial charge in [-0.15, -0.1) is 0 Å². The summed E-state index contributed by atoms with van der Waals surface area (Å²) in [4.78, 5) is 11.6. The van der Waals surface area contributed by atoms with Crippen LogP contribution in [0, 0.1) is 16.7 Å². The van der Waals surface area contributed by atoms with Crippen LogP contribution in [-0.4, -0.2) is 55.9 Å². The fraction of sp³-hybridized carbons (Fsp3) is 0.952. The van der Waals surface area contributed by atoms with Gasteiger partial charge in [0.2, 0.25) is 0 Å². The highest BCUT2D eigenvalue weighted by atomic mass is 16.6. The Balaban J connectivity index is 1.61. The number of likely N-dealkylation sites (N-methyl/N-ethyl adjacent to an activating group) is 1. The number of fused-ring (bicyclic) bond motifs is 2. The van der Waals surface area contributed by atoms with Crippen molar-refractivity contribution in [2.45, 2.75) is 78.4 Å². The Labute approximate surface area is 153 Å². The van der Waals surface area contributed by atoms with E-state index in [1.54, 1.807) is 0 Å². The Hall–Kier alpha value is -0.610. The highest BCUT2D eigenvalue weighted by Crippen LogP contribution is 2.66. The molecule has 1 aliphatic heterocycles. The lowest BCUT2D eigenvalue weighted by molar-refractivity contribution is -0.916. The molecular weight excluding hydrogens is 314 g/mol. The quantitative estimate of drug-likeness (QED) is 0.539. The van der Waals surface area contributed by atoms with Crippen molar-refractivity contribution in [2.75, 3.05) is 33.3 Å². The molecule has 4 heteroatoms. The standard InChI is InChI=1S/C21H38NO3/c1-16(23)25-18(14-22(5)11-7-6-8-12-22)15-24-19-13-17-9-10-21(19,4)20(17,2)3/h17-19H,6-15H2,1-5H3/q+1/t17-,18?,19?,21-/m1/s1. The number of rotatable bonds is 6. The first-order valence-electron chi connectivity index (χ1n) is 10.3. The second kappa shape index (κ2) is 6.84. The summed E-state index contributed by atoms with van der Waals surface area (Å²) in [5.41, 5.74) is 0.627. The van der Waals surface area contributed by atoms with Gasteiger partial charge in [-0.05, 0) is 55.3 Å². The van der Waals surface area contributed by atoms with Crippen molar-refractivity contribution in [3.05, 3.63) is 0 Å². The minimum absolute atomic E-state index is 0.119. The predicted octanol–water partition coefficient (Wildman–Crippen LogP) is 3.78. The molecule has 3 fully saturated rings. The van der Waals surface area contributed by atoms with Gasteiger partial charge in [0.15, 0.2) is 6.10 Å². The molecular formula is C21H38NO3+. The lowest BCUT2D eigenvalue weighted by Crippen LogP contribution is -2.53. The molecule has 0 aromatic carbocycles. The van der Waals surface area contributed by atoms with Gasteiger partial charge in [0.1, 0.15) is 6.54 Å². The van der Waals surface area contributed by atoms with Gasteiger partial charge in [-0.2, -0.15) is 0 Å². The highest BCUT2D eigenvalue weighted by molar-refractivity contribution is 5.66. The number of likely N-dealkylation sites (tertiary alicyclic amines) is 1. The van der Waals surface area contributed by atoms with Gasteiger partial charge < -0.3 is 14.0 Å². The zero-order valence-corrected chi connectivity index (χ0v) is 17.0. The van der Waals surface area contributed by atoms with Gasteiger partial charge in [-0.25, -0.2) is 0 Å². The van der Waals surface area contributed by atoms with Crippen molar-refractivity contribution in [3.63, 3.8) is 0 Å². The number of carbonyl (C=O) groups excluding carboxylic acids is 1. The van der Waals surface area contributed by atoms with E-state index >= 15 is 0 Å². The monoisotopic (exact) mass is 352 g/mol. The Bertz CT molecular complexity index is 497. The van der Waals surface area contributed by atoms with Crippen LogP contribution in [0.4, 0.5) is 0 Å². The molecule has 1 saturated heterocycles. The van der Waals surface area contributed by atoms with Gasteiger partial charge >= 0.3 is 5.97 Å². The van der Waals surface area contributed by atoms with Crippen LogP contribution in [0.2, 0.25) is 0 Å². The molecule has 144 valence electrons. The van der Waals surface area contributed by atoms with Crippen LogP contribution in [0.1, 0.15) is 66.2 Å². The predicted molar refractivity (Wildman–Crippen MR) is 99.2 cm³/mol. The number of esters is 1. The minimum Gasteiger partial charge on any atom is -0.454 e. The molecule has 0 spiro atoms. The molecule has 2 saturated carbocycles. The van der Waals surface area contributed by atoms with Gasteiger partial charge in [0.05, 0.1) is 32.8 Å². The van der Waals surface area contributed by atoms with E-state index in [4.69, 9.17) is 9.47 Å². The molecule has 3 aliphatic rings. The van der Waals surface area contributed by atoms with Crippen molar-refractivity contribution >= 4 is 5.97 Å². The largest absolute Gasteiger partial charge is 0.454 e. The van der Waals surface area contributed by atoms with Crippen LogP contribution in [0.3, 0.4) is 0 Å². The Kier molecular flexibility index (Phi) is 5.25. The fourth-order valence-corrected chi connectivity index (χ4v) is 5.91. The maximum Gasteiger partial charge on any atom is 0.303 e. The van der Waals surface area contributed by atoms with Gasteiger partial charge in [-0.3, -0.25) is 4.79 Å². The van der Waals surface area contributed by atoms with Crippen molar-refractivity contribution in [1.82, 2.24) is 0 Å². The molecule has 2 bridgehead atoms. The topological polar surface area (TPSA) is 35.5 Å². The van der Waals surface area contributed by atoms with Gasteiger partial charge in [0, 0.05) is 6.92 Å². The van der Waals surface area contributed by atoms with E-state index in [1.807, 2.05) is 0 Å². The van der Waals surface area contributed by atoms with Crippen LogP contribution >= 0.6 is 0 Å². The first-order chi connectivity index (χ1) is 11.7. The van der Waals surface area contributed by atoms with Crippen LogP contribution in [0.15, 0.2) is 0 Å². The van der Waals surface area contributed by atoms with E-state index < -0.39 is 0 Å². The molecule has 3 rings (SSSR count). The summed E-state index contributed by atoms with van der Waals surface area (Å²) in [6, 6.07) is 0. The summed E-state index contributed by atoms with van der Waals surface area (Å²) in [7, 11) is 2.30. The normalized spacial score (nSPS) is 37.0. The van der Waals surface area contributed by atoms with E-state index in [2.05, 4.69) is 27.8 Å². The first kappa shape index (κ1) is 19.2. The molecule has 0 amide bonds. The van der Waals surface area contributed by atoms with Crippen LogP contribution in [0.25, 0.3) is 0 Å². The Morgan fingerprint density at radius 1 is 1.20 bits per heavy atom. The number of ether oxygens (including phenoxy) is 2. The molecule has 4 nitrogen and oxygen atoms in total. The van der Waals surface area contributed by atoms with E-state index in [1.165, 1.54) is 58.5 Å². The molecule has 0 radical (unpaired) electrons. The minimum atomic E-state index is -0.184. The van der Waals surface area contributed by atoms with E-state index in [9.17, 15) is 4.79 Å². The number of carbonyl (C=O) groups is 1. The maximum absolute atomic E-state index is 11.6. The van der Waals surface area contributed by atoms with Crippen LogP contribution in [0.5, 0.6) is 0 Å². The van der Waals surface area contributed by atoms with Crippen molar-refractivity contribution in [3.8, 4) is 0 Å². The van der Waals surface area contributed by atoms with Crippen molar-refractivity contribution < 1.29 is 18.8 Å². The summed E-state index contributed by atoms with van der Waals surface area (Å²) >= 11 is 0. The third-order valence-corrected chi connectivity index (χ3v) is 8.07. The molecule has 2 aliphatic carbocycles. The molecule has 0 aromatic rings. The number of piperidine rings is 1. The van der Waals surface area contributed by atoms with E-state index in [0.717, 1.165) is 16.9 Å². The smallest absolute Gasteiger partial charge is 0.303 e. The number of hydrogen-bond acceptors (Lipinski definition) is 3. The molecule has 1 heterocycles. The van der Waals surface area contributed by atoms with Crippen LogP contribution < -0.4 is 0 Å². The molecule has 4 atom stereocenters. The van der Waals surface area contributed by atoms with Crippen molar-refractivity contribution in [1.29, 1.82) is 0 Å². The summed E-state index contributed by atoms with van der Waals surface area (Å²) in [5, 5.41) is 0. The zero-order chi connectivity index (χ0) is 18.3. The molecule has 0 aromatic heterocycles. The highest BCUT2D eigenvalue weighted by Gasteiger charge is 2.62. The maximum atomic E-state index is 11.6. The lowest BCUT2D eigenvalue weighted by Gasteiger charge is -2.41. The van der Waals surface area contributed by atoms with E-state index in [-0.39, 0.29) is 17.5 Å². The fourth-order valence-electron chi connectivity index (χ4n) is 5.91. The van der Waals surface area contributed by atoms with Crippen molar-refractivity contribution in [2.24, 2.45) is 16.7 Å². The van der Waals surface area contributed by atoms with Gasteiger partial charge in [-0.1, -0.05) is 20.8 Å². The molecule has 2 unspecified atom stereocenters.